The van der Waals surface area contributed by atoms with Gasteiger partial charge in [0, 0.05) is 42.4 Å². The maximum atomic E-state index is 12.4. The van der Waals surface area contributed by atoms with Gasteiger partial charge in [0.1, 0.15) is 11.6 Å². The van der Waals surface area contributed by atoms with E-state index in [2.05, 4.69) is 29.2 Å². The zero-order valence-electron chi connectivity index (χ0n) is 12.9. The van der Waals surface area contributed by atoms with Crippen LogP contribution in [0.2, 0.25) is 0 Å². The number of fused-ring (bicyclic) bond motifs is 2. The molecule has 2 aliphatic carbocycles. The Bertz CT molecular complexity index is 550. The highest BCUT2D eigenvalue weighted by Crippen LogP contribution is 2.45. The maximum absolute atomic E-state index is 12.4. The molecule has 2 saturated carbocycles. The fourth-order valence-corrected chi connectivity index (χ4v) is 4.92. The number of para-hydroxylation sites is 1. The zero-order chi connectivity index (χ0) is 15.1. The van der Waals surface area contributed by atoms with E-state index in [4.69, 9.17) is 0 Å². The van der Waals surface area contributed by atoms with Gasteiger partial charge < -0.3 is 4.90 Å². The fourth-order valence-electron chi connectivity index (χ4n) is 4.92. The van der Waals surface area contributed by atoms with Crippen molar-refractivity contribution in [2.75, 3.05) is 4.90 Å². The molecule has 1 saturated heterocycles. The van der Waals surface area contributed by atoms with Crippen LogP contribution in [0.4, 0.5) is 5.69 Å². The first kappa shape index (κ1) is 14.0. The second-order valence-electron chi connectivity index (χ2n) is 7.04. The van der Waals surface area contributed by atoms with Gasteiger partial charge in [-0.3, -0.25) is 9.59 Å². The summed E-state index contributed by atoms with van der Waals surface area (Å²) in [6.07, 6.45) is 6.37. The smallest absolute Gasteiger partial charge is 0.138 e. The molecular weight excluding hydrogens is 274 g/mol. The van der Waals surface area contributed by atoms with Crippen LogP contribution < -0.4 is 4.90 Å². The van der Waals surface area contributed by atoms with E-state index in [-0.39, 0.29) is 11.8 Å². The summed E-state index contributed by atoms with van der Waals surface area (Å²) in [7, 11) is 0. The Morgan fingerprint density at radius 2 is 1.36 bits per heavy atom. The summed E-state index contributed by atoms with van der Waals surface area (Å²) >= 11 is 0. The predicted molar refractivity (Wildman–Crippen MR) is 85.8 cm³/mol. The van der Waals surface area contributed by atoms with Gasteiger partial charge in [0.15, 0.2) is 0 Å². The number of benzene rings is 1. The molecule has 0 bridgehead atoms. The Balaban J connectivity index is 1.76. The molecule has 3 aliphatic rings. The third-order valence-electron chi connectivity index (χ3n) is 5.88. The second kappa shape index (κ2) is 5.53. The van der Waals surface area contributed by atoms with Crippen molar-refractivity contribution in [2.45, 2.75) is 57.0 Å². The molecular formula is C19H23NO2. The van der Waals surface area contributed by atoms with Crippen LogP contribution in [0.25, 0.3) is 0 Å². The molecule has 3 fully saturated rings. The number of hydrogen-bond donors (Lipinski definition) is 0. The van der Waals surface area contributed by atoms with Gasteiger partial charge in [-0.05, 0) is 44.2 Å². The molecule has 0 radical (unpaired) electrons. The van der Waals surface area contributed by atoms with E-state index < -0.39 is 0 Å². The average molecular weight is 297 g/mol. The second-order valence-corrected chi connectivity index (χ2v) is 7.04. The SMILES string of the molecule is O=C1CCCC2C1CC1C(=O)CCCC1N2c1ccccc1. The summed E-state index contributed by atoms with van der Waals surface area (Å²) < 4.78 is 0. The third kappa shape index (κ3) is 2.18. The highest BCUT2D eigenvalue weighted by atomic mass is 16.1. The van der Waals surface area contributed by atoms with Crippen LogP contribution in [0.1, 0.15) is 44.9 Å². The number of rotatable bonds is 1. The highest BCUT2D eigenvalue weighted by molar-refractivity contribution is 5.88. The standard InChI is InChI=1S/C19H23NO2/c21-18-10-4-8-16-14(18)12-15-17(9-5-11-19(15)22)20(16)13-6-2-1-3-7-13/h1-3,6-7,14-17H,4-5,8-12H2. The minimum Gasteiger partial charge on any atom is -0.364 e. The van der Waals surface area contributed by atoms with Crippen LogP contribution in [-0.2, 0) is 9.59 Å². The summed E-state index contributed by atoms with van der Waals surface area (Å²) in [5.41, 5.74) is 1.19. The molecule has 1 aromatic rings. The van der Waals surface area contributed by atoms with Crippen molar-refractivity contribution in [3.8, 4) is 0 Å². The minimum atomic E-state index is 0.0669. The van der Waals surface area contributed by atoms with Crippen molar-refractivity contribution >= 4 is 17.3 Å². The Hall–Kier alpha value is -1.64. The number of ketones is 2. The van der Waals surface area contributed by atoms with E-state index in [1.54, 1.807) is 0 Å². The van der Waals surface area contributed by atoms with Gasteiger partial charge in [0.25, 0.3) is 0 Å². The van der Waals surface area contributed by atoms with Crippen molar-refractivity contribution in [1.29, 1.82) is 0 Å². The van der Waals surface area contributed by atoms with Crippen molar-refractivity contribution in [3.05, 3.63) is 30.3 Å². The van der Waals surface area contributed by atoms with Gasteiger partial charge in [0.05, 0.1) is 0 Å². The van der Waals surface area contributed by atoms with Crippen LogP contribution in [0.5, 0.6) is 0 Å². The quantitative estimate of drug-likeness (QED) is 0.797. The van der Waals surface area contributed by atoms with E-state index in [9.17, 15) is 9.59 Å². The Morgan fingerprint density at radius 1 is 0.818 bits per heavy atom. The van der Waals surface area contributed by atoms with Crippen LogP contribution in [0, 0.1) is 11.8 Å². The summed E-state index contributed by atoms with van der Waals surface area (Å²) in [6, 6.07) is 11.0. The molecule has 1 aromatic carbocycles. The summed E-state index contributed by atoms with van der Waals surface area (Å²) in [6.45, 7) is 0. The number of piperidine rings is 1. The third-order valence-corrected chi connectivity index (χ3v) is 5.88. The molecule has 0 amide bonds. The Labute approximate surface area is 131 Å². The van der Waals surface area contributed by atoms with Crippen molar-refractivity contribution < 1.29 is 9.59 Å². The predicted octanol–water partition coefficient (Wildman–Crippen LogP) is 3.37. The topological polar surface area (TPSA) is 37.4 Å². The lowest BCUT2D eigenvalue weighted by Crippen LogP contribution is -2.60. The van der Waals surface area contributed by atoms with Crippen molar-refractivity contribution in [1.82, 2.24) is 0 Å². The van der Waals surface area contributed by atoms with E-state index in [1.165, 1.54) is 5.69 Å². The fraction of sp³-hybridized carbons (Fsp3) is 0.579. The summed E-state index contributed by atoms with van der Waals surface area (Å²) in [4.78, 5) is 27.3. The molecule has 4 atom stereocenters. The van der Waals surface area contributed by atoms with E-state index in [0.717, 1.165) is 32.1 Å². The summed E-state index contributed by atoms with van der Waals surface area (Å²) in [5.74, 6) is 0.900. The van der Waals surface area contributed by atoms with Gasteiger partial charge >= 0.3 is 0 Å². The van der Waals surface area contributed by atoms with Gasteiger partial charge in [-0.15, -0.1) is 0 Å². The van der Waals surface area contributed by atoms with Crippen LogP contribution in [-0.4, -0.2) is 23.7 Å². The van der Waals surface area contributed by atoms with Gasteiger partial charge in [-0.1, -0.05) is 18.2 Å². The Kier molecular flexibility index (Phi) is 3.51. The molecule has 116 valence electrons. The van der Waals surface area contributed by atoms with Crippen molar-refractivity contribution in [2.24, 2.45) is 11.8 Å². The molecule has 1 heterocycles. The first-order chi connectivity index (χ1) is 10.8. The number of Topliss-reactive ketones (excluding diaryl/α,β-unsaturated/α-hetero) is 2. The lowest BCUT2D eigenvalue weighted by molar-refractivity contribution is -0.131. The molecule has 4 rings (SSSR count). The normalized spacial score (nSPS) is 35.0. The van der Waals surface area contributed by atoms with Crippen LogP contribution in [0.3, 0.4) is 0 Å². The monoisotopic (exact) mass is 297 g/mol. The Morgan fingerprint density at radius 3 is 1.91 bits per heavy atom. The summed E-state index contributed by atoms with van der Waals surface area (Å²) in [5, 5.41) is 0. The highest BCUT2D eigenvalue weighted by Gasteiger charge is 2.49. The van der Waals surface area contributed by atoms with Crippen molar-refractivity contribution in [3.63, 3.8) is 0 Å². The molecule has 22 heavy (non-hydrogen) atoms. The molecule has 0 spiro atoms. The van der Waals surface area contributed by atoms with Gasteiger partial charge in [0.2, 0.25) is 0 Å². The zero-order valence-corrected chi connectivity index (χ0v) is 12.9. The van der Waals surface area contributed by atoms with E-state index >= 15 is 0 Å². The molecule has 0 N–H and O–H groups in total. The number of nitrogens with zero attached hydrogens (tertiary/aromatic N) is 1. The first-order valence-electron chi connectivity index (χ1n) is 8.64. The average Bonchev–Trinajstić information content (AvgIpc) is 2.55. The van der Waals surface area contributed by atoms with E-state index in [0.29, 0.717) is 36.5 Å². The molecule has 0 aromatic heterocycles. The lowest BCUT2D eigenvalue weighted by atomic mass is 9.67. The largest absolute Gasteiger partial charge is 0.364 e. The van der Waals surface area contributed by atoms with E-state index in [1.807, 2.05) is 6.07 Å². The lowest BCUT2D eigenvalue weighted by Gasteiger charge is -2.53. The molecule has 3 heteroatoms. The first-order valence-corrected chi connectivity index (χ1v) is 8.64. The number of hydrogen-bond acceptors (Lipinski definition) is 3. The van der Waals surface area contributed by atoms with Gasteiger partial charge in [-0.2, -0.15) is 0 Å². The number of carbonyl (C=O) groups excluding carboxylic acids is 2. The minimum absolute atomic E-state index is 0.0669. The number of carbonyl (C=O) groups is 2. The molecule has 4 unspecified atom stereocenters. The maximum Gasteiger partial charge on any atom is 0.138 e. The molecule has 3 nitrogen and oxygen atoms in total. The number of anilines is 1. The van der Waals surface area contributed by atoms with Gasteiger partial charge in [-0.25, -0.2) is 0 Å². The molecule has 1 aliphatic heterocycles. The van der Waals surface area contributed by atoms with Crippen LogP contribution >= 0.6 is 0 Å². The van der Waals surface area contributed by atoms with Crippen LogP contribution in [0.15, 0.2) is 30.3 Å².